The van der Waals surface area contributed by atoms with E-state index in [1.165, 1.54) is 5.84 Å². The first kappa shape index (κ1) is 7.32. The molecule has 0 bridgehead atoms. The van der Waals surface area contributed by atoms with Gasteiger partial charge in [0.05, 0.1) is 0 Å². The van der Waals surface area contributed by atoms with E-state index >= 15 is 0 Å². The molecule has 56 valence electrons. The minimum Gasteiger partial charge on any atom is -0.359 e. The van der Waals surface area contributed by atoms with Crippen molar-refractivity contribution < 1.29 is 0 Å². The molecular formula is C8H14N2. The van der Waals surface area contributed by atoms with E-state index in [0.717, 1.165) is 19.5 Å². The first-order chi connectivity index (χ1) is 4.84. The van der Waals surface area contributed by atoms with Gasteiger partial charge in [0, 0.05) is 26.6 Å². The summed E-state index contributed by atoms with van der Waals surface area (Å²) in [5.74, 6) is 1.21. The fourth-order valence-electron chi connectivity index (χ4n) is 1.05. The highest BCUT2D eigenvalue weighted by Crippen LogP contribution is 2.01. The zero-order valence-corrected chi connectivity index (χ0v) is 6.67. The summed E-state index contributed by atoms with van der Waals surface area (Å²) in [6.07, 6.45) is 5.35. The van der Waals surface area contributed by atoms with Crippen LogP contribution in [0.2, 0.25) is 0 Å². The van der Waals surface area contributed by atoms with Crippen LogP contribution in [0.3, 0.4) is 0 Å². The summed E-state index contributed by atoms with van der Waals surface area (Å²) >= 11 is 0. The van der Waals surface area contributed by atoms with Crippen LogP contribution in [0, 0.1) is 0 Å². The molecule has 0 saturated carbocycles. The van der Waals surface area contributed by atoms with Crippen molar-refractivity contribution in [2.45, 2.75) is 13.3 Å². The largest absolute Gasteiger partial charge is 0.359 e. The van der Waals surface area contributed by atoms with Gasteiger partial charge < -0.3 is 4.90 Å². The number of aliphatic imine (C=N–C) groups is 1. The molecule has 1 aliphatic heterocycles. The van der Waals surface area contributed by atoms with Crippen molar-refractivity contribution in [2.75, 3.05) is 20.1 Å². The Kier molecular flexibility index (Phi) is 2.49. The third-order valence-corrected chi connectivity index (χ3v) is 1.63. The normalized spacial score (nSPS) is 22.2. The molecule has 2 nitrogen and oxygen atoms in total. The highest BCUT2D eigenvalue weighted by Gasteiger charge is 2.05. The SMILES string of the molecule is CCN=C1CC=CCN1C. The van der Waals surface area contributed by atoms with Crippen LogP contribution in [0.25, 0.3) is 0 Å². The van der Waals surface area contributed by atoms with Gasteiger partial charge in [0.2, 0.25) is 0 Å². The molecule has 0 atom stereocenters. The van der Waals surface area contributed by atoms with E-state index < -0.39 is 0 Å². The van der Waals surface area contributed by atoms with Crippen molar-refractivity contribution in [1.82, 2.24) is 4.90 Å². The minimum absolute atomic E-state index is 0.896. The summed E-state index contributed by atoms with van der Waals surface area (Å²) in [4.78, 5) is 6.54. The molecule has 0 unspecified atom stereocenters. The van der Waals surface area contributed by atoms with Crippen LogP contribution >= 0.6 is 0 Å². The Morgan fingerprint density at radius 1 is 1.60 bits per heavy atom. The van der Waals surface area contributed by atoms with E-state index in [2.05, 4.69) is 36.0 Å². The molecule has 2 heteroatoms. The summed E-state index contributed by atoms with van der Waals surface area (Å²) in [5.41, 5.74) is 0. The Morgan fingerprint density at radius 2 is 2.40 bits per heavy atom. The lowest BCUT2D eigenvalue weighted by molar-refractivity contribution is 0.542. The van der Waals surface area contributed by atoms with Gasteiger partial charge >= 0.3 is 0 Å². The predicted molar refractivity (Wildman–Crippen MR) is 44.4 cm³/mol. The number of nitrogens with zero attached hydrogens (tertiary/aromatic N) is 2. The van der Waals surface area contributed by atoms with E-state index in [-0.39, 0.29) is 0 Å². The average Bonchev–Trinajstić information content (AvgIpc) is 1.94. The molecule has 1 rings (SSSR count). The Balaban J connectivity index is 2.59. The van der Waals surface area contributed by atoms with Crippen molar-refractivity contribution >= 4 is 5.84 Å². The Bertz CT molecular complexity index is 159. The summed E-state index contributed by atoms with van der Waals surface area (Å²) in [6.45, 7) is 3.98. The summed E-state index contributed by atoms with van der Waals surface area (Å²) in [5, 5.41) is 0. The third kappa shape index (κ3) is 1.59. The monoisotopic (exact) mass is 138 g/mol. The maximum absolute atomic E-state index is 4.36. The zero-order valence-electron chi connectivity index (χ0n) is 6.67. The van der Waals surface area contributed by atoms with Crippen molar-refractivity contribution in [1.29, 1.82) is 0 Å². The smallest absolute Gasteiger partial charge is 0.103 e. The van der Waals surface area contributed by atoms with Gasteiger partial charge in [-0.2, -0.15) is 0 Å². The van der Waals surface area contributed by atoms with Gasteiger partial charge in [0.15, 0.2) is 0 Å². The van der Waals surface area contributed by atoms with Gasteiger partial charge in [0.25, 0.3) is 0 Å². The van der Waals surface area contributed by atoms with Crippen LogP contribution in [0.5, 0.6) is 0 Å². The molecule has 0 radical (unpaired) electrons. The van der Waals surface area contributed by atoms with Crippen LogP contribution in [-0.2, 0) is 0 Å². The number of hydrogen-bond acceptors (Lipinski definition) is 1. The first-order valence-electron chi connectivity index (χ1n) is 3.74. The molecule has 1 aliphatic rings. The summed E-state index contributed by atoms with van der Waals surface area (Å²) in [7, 11) is 2.08. The van der Waals surface area contributed by atoms with Crippen LogP contribution in [0.15, 0.2) is 17.1 Å². The Morgan fingerprint density at radius 3 is 3.00 bits per heavy atom. The number of amidine groups is 1. The van der Waals surface area contributed by atoms with E-state index in [1.807, 2.05) is 0 Å². The van der Waals surface area contributed by atoms with Crippen molar-refractivity contribution in [3.8, 4) is 0 Å². The maximum Gasteiger partial charge on any atom is 0.103 e. The molecule has 0 amide bonds. The lowest BCUT2D eigenvalue weighted by atomic mass is 10.2. The molecule has 0 aromatic rings. The van der Waals surface area contributed by atoms with Crippen LogP contribution in [0.1, 0.15) is 13.3 Å². The van der Waals surface area contributed by atoms with Gasteiger partial charge in [-0.1, -0.05) is 12.2 Å². The molecule has 10 heavy (non-hydrogen) atoms. The fourth-order valence-corrected chi connectivity index (χ4v) is 1.05. The Hall–Kier alpha value is -0.790. The summed E-state index contributed by atoms with van der Waals surface area (Å²) in [6, 6.07) is 0. The fraction of sp³-hybridized carbons (Fsp3) is 0.625. The zero-order chi connectivity index (χ0) is 7.40. The second-order valence-corrected chi connectivity index (χ2v) is 2.45. The van der Waals surface area contributed by atoms with Gasteiger partial charge in [-0.3, -0.25) is 4.99 Å². The molecule has 0 N–H and O–H groups in total. The van der Waals surface area contributed by atoms with Gasteiger partial charge in [-0.15, -0.1) is 0 Å². The van der Waals surface area contributed by atoms with Crippen LogP contribution in [-0.4, -0.2) is 30.9 Å². The standard InChI is InChI=1S/C8H14N2/c1-3-9-8-6-4-5-7-10(8)2/h4-5H,3,6-7H2,1-2H3. The van der Waals surface area contributed by atoms with Gasteiger partial charge in [-0.25, -0.2) is 0 Å². The number of likely N-dealkylation sites (N-methyl/N-ethyl adjacent to an activating group) is 1. The molecular weight excluding hydrogens is 124 g/mol. The van der Waals surface area contributed by atoms with Gasteiger partial charge in [0.1, 0.15) is 5.84 Å². The van der Waals surface area contributed by atoms with Gasteiger partial charge in [-0.05, 0) is 6.92 Å². The van der Waals surface area contributed by atoms with Crippen molar-refractivity contribution in [2.24, 2.45) is 4.99 Å². The number of rotatable bonds is 1. The predicted octanol–water partition coefficient (Wildman–Crippen LogP) is 1.30. The molecule has 0 aliphatic carbocycles. The maximum atomic E-state index is 4.36. The lowest BCUT2D eigenvalue weighted by Crippen LogP contribution is -2.29. The molecule has 0 saturated heterocycles. The Labute approximate surface area is 62.3 Å². The van der Waals surface area contributed by atoms with Crippen molar-refractivity contribution in [3.05, 3.63) is 12.2 Å². The quantitative estimate of drug-likeness (QED) is 0.499. The average molecular weight is 138 g/mol. The topological polar surface area (TPSA) is 15.6 Å². The first-order valence-corrected chi connectivity index (χ1v) is 3.74. The van der Waals surface area contributed by atoms with E-state index in [1.54, 1.807) is 0 Å². The van der Waals surface area contributed by atoms with E-state index in [9.17, 15) is 0 Å². The molecule has 0 aromatic heterocycles. The van der Waals surface area contributed by atoms with E-state index in [0.29, 0.717) is 0 Å². The minimum atomic E-state index is 0.896. The molecule has 0 fully saturated rings. The second-order valence-electron chi connectivity index (χ2n) is 2.45. The highest BCUT2D eigenvalue weighted by atomic mass is 15.2. The van der Waals surface area contributed by atoms with E-state index in [4.69, 9.17) is 0 Å². The molecule has 1 heterocycles. The molecule has 0 aromatic carbocycles. The third-order valence-electron chi connectivity index (χ3n) is 1.63. The number of hydrogen-bond donors (Lipinski definition) is 0. The lowest BCUT2D eigenvalue weighted by Gasteiger charge is -2.21. The van der Waals surface area contributed by atoms with Crippen LogP contribution in [0.4, 0.5) is 0 Å². The highest BCUT2D eigenvalue weighted by molar-refractivity contribution is 5.84. The molecule has 0 spiro atoms. The van der Waals surface area contributed by atoms with Crippen molar-refractivity contribution in [3.63, 3.8) is 0 Å². The summed E-state index contributed by atoms with van der Waals surface area (Å²) < 4.78 is 0. The second kappa shape index (κ2) is 3.40. The van der Waals surface area contributed by atoms with Crippen LogP contribution < -0.4 is 0 Å².